The SMILES string of the molecule is Cc1ccc(-c2ccc(Sc3ccc(C(O)CC(N)(CO)CO)cc3)cc2)o1.Cl. The molecular formula is C22H26ClNO4S. The van der Waals surface area contributed by atoms with Gasteiger partial charge in [0, 0.05) is 15.4 Å². The van der Waals surface area contributed by atoms with Crippen molar-refractivity contribution in [2.75, 3.05) is 13.2 Å². The predicted molar refractivity (Wildman–Crippen MR) is 117 cm³/mol. The van der Waals surface area contributed by atoms with Crippen molar-refractivity contribution in [1.82, 2.24) is 0 Å². The number of aliphatic hydroxyl groups excluding tert-OH is 3. The van der Waals surface area contributed by atoms with Gasteiger partial charge in [0.05, 0.1) is 24.9 Å². The number of halogens is 1. The molecule has 156 valence electrons. The fraction of sp³-hybridized carbons (Fsp3) is 0.273. The van der Waals surface area contributed by atoms with E-state index in [9.17, 15) is 15.3 Å². The Kier molecular flexibility index (Phi) is 8.34. The van der Waals surface area contributed by atoms with E-state index in [1.165, 1.54) is 0 Å². The average molecular weight is 436 g/mol. The lowest BCUT2D eigenvalue weighted by Gasteiger charge is -2.27. The number of aliphatic hydroxyl groups is 3. The Balaban J connectivity index is 0.00000300. The van der Waals surface area contributed by atoms with Crippen molar-refractivity contribution in [1.29, 1.82) is 0 Å². The number of nitrogens with two attached hydrogens (primary N) is 1. The summed E-state index contributed by atoms with van der Waals surface area (Å²) in [5.41, 5.74) is 6.39. The molecule has 0 aliphatic rings. The van der Waals surface area contributed by atoms with Gasteiger partial charge >= 0.3 is 0 Å². The van der Waals surface area contributed by atoms with Crippen LogP contribution in [0.25, 0.3) is 11.3 Å². The van der Waals surface area contributed by atoms with Crippen molar-refractivity contribution in [2.24, 2.45) is 5.73 Å². The van der Waals surface area contributed by atoms with E-state index in [1.807, 2.05) is 67.6 Å². The summed E-state index contributed by atoms with van der Waals surface area (Å²) in [6.45, 7) is 1.15. The first-order chi connectivity index (χ1) is 13.4. The largest absolute Gasteiger partial charge is 0.461 e. The molecule has 1 heterocycles. The number of hydrogen-bond acceptors (Lipinski definition) is 6. The average Bonchev–Trinajstić information content (AvgIpc) is 3.15. The normalized spacial score (nSPS) is 12.4. The van der Waals surface area contributed by atoms with Gasteiger partial charge < -0.3 is 25.5 Å². The molecule has 3 aromatic rings. The molecule has 1 atom stereocenters. The van der Waals surface area contributed by atoms with Gasteiger partial charge in [-0.3, -0.25) is 0 Å². The van der Waals surface area contributed by atoms with Crippen LogP contribution in [0.15, 0.2) is 74.9 Å². The van der Waals surface area contributed by atoms with Gasteiger partial charge in [-0.1, -0.05) is 36.0 Å². The zero-order valence-corrected chi connectivity index (χ0v) is 17.7. The van der Waals surface area contributed by atoms with Crippen LogP contribution in [0, 0.1) is 6.92 Å². The minimum Gasteiger partial charge on any atom is -0.461 e. The summed E-state index contributed by atoms with van der Waals surface area (Å²) in [5.74, 6) is 1.75. The van der Waals surface area contributed by atoms with Crippen molar-refractivity contribution in [2.45, 2.75) is 34.8 Å². The monoisotopic (exact) mass is 435 g/mol. The number of aryl methyl sites for hydroxylation is 1. The summed E-state index contributed by atoms with van der Waals surface area (Å²) < 4.78 is 5.64. The molecule has 29 heavy (non-hydrogen) atoms. The van der Waals surface area contributed by atoms with Crippen LogP contribution in [0.5, 0.6) is 0 Å². The molecular weight excluding hydrogens is 410 g/mol. The molecule has 0 bridgehead atoms. The van der Waals surface area contributed by atoms with Crippen LogP contribution >= 0.6 is 24.2 Å². The van der Waals surface area contributed by atoms with Gasteiger partial charge in [0.15, 0.2) is 0 Å². The van der Waals surface area contributed by atoms with Crippen LogP contribution in [0.3, 0.4) is 0 Å². The Bertz CT molecular complexity index is 892. The van der Waals surface area contributed by atoms with Crippen LogP contribution in [0.2, 0.25) is 0 Å². The first-order valence-corrected chi connectivity index (χ1v) is 9.87. The second kappa shape index (κ2) is 10.3. The zero-order valence-electron chi connectivity index (χ0n) is 16.1. The van der Waals surface area contributed by atoms with E-state index >= 15 is 0 Å². The standard InChI is InChI=1S/C22H25NO4S.ClH/c1-15-2-11-21(27-15)17-5-9-19(10-6-17)28-18-7-3-16(4-8-18)20(26)12-22(23,13-24)14-25;/h2-11,20,24-26H,12-14,23H2,1H3;1H. The third-order valence-electron chi connectivity index (χ3n) is 4.61. The lowest BCUT2D eigenvalue weighted by Crippen LogP contribution is -2.48. The van der Waals surface area contributed by atoms with Crippen LogP contribution in [-0.2, 0) is 0 Å². The van der Waals surface area contributed by atoms with E-state index in [1.54, 1.807) is 11.8 Å². The quantitative estimate of drug-likeness (QED) is 0.427. The lowest BCUT2D eigenvalue weighted by atomic mass is 9.92. The van der Waals surface area contributed by atoms with E-state index in [2.05, 4.69) is 0 Å². The lowest BCUT2D eigenvalue weighted by molar-refractivity contribution is 0.0618. The highest BCUT2D eigenvalue weighted by atomic mass is 35.5. The van der Waals surface area contributed by atoms with Gasteiger partial charge in [-0.2, -0.15) is 0 Å². The van der Waals surface area contributed by atoms with Crippen molar-refractivity contribution in [3.05, 3.63) is 72.0 Å². The highest BCUT2D eigenvalue weighted by molar-refractivity contribution is 7.99. The van der Waals surface area contributed by atoms with Gasteiger partial charge in [0.25, 0.3) is 0 Å². The van der Waals surface area contributed by atoms with Gasteiger partial charge in [-0.25, -0.2) is 0 Å². The third kappa shape index (κ3) is 6.09. The fourth-order valence-electron chi connectivity index (χ4n) is 2.85. The molecule has 1 aromatic heterocycles. The van der Waals surface area contributed by atoms with Crippen LogP contribution in [0.4, 0.5) is 0 Å². The topological polar surface area (TPSA) is 99.9 Å². The second-order valence-electron chi connectivity index (χ2n) is 7.00. The zero-order chi connectivity index (χ0) is 20.1. The van der Waals surface area contributed by atoms with Crippen LogP contribution < -0.4 is 5.73 Å². The van der Waals surface area contributed by atoms with E-state index < -0.39 is 11.6 Å². The minimum atomic E-state index is -1.19. The molecule has 1 unspecified atom stereocenters. The molecule has 5 nitrogen and oxygen atoms in total. The molecule has 0 radical (unpaired) electrons. The Labute approximate surface area is 181 Å². The first-order valence-electron chi connectivity index (χ1n) is 9.06. The first kappa shape index (κ1) is 23.5. The molecule has 0 amide bonds. The highest BCUT2D eigenvalue weighted by Gasteiger charge is 2.27. The van der Waals surface area contributed by atoms with Crippen molar-refractivity contribution >= 4 is 24.2 Å². The Hall–Kier alpha value is -1.80. The van der Waals surface area contributed by atoms with Gasteiger partial charge in [0.2, 0.25) is 0 Å². The fourth-order valence-corrected chi connectivity index (χ4v) is 3.67. The molecule has 7 heteroatoms. The Morgan fingerprint density at radius 2 is 1.48 bits per heavy atom. The van der Waals surface area contributed by atoms with Crippen molar-refractivity contribution < 1.29 is 19.7 Å². The van der Waals surface area contributed by atoms with Crippen molar-refractivity contribution in [3.8, 4) is 11.3 Å². The molecule has 3 rings (SSSR count). The molecule has 2 aromatic carbocycles. The number of hydrogen-bond donors (Lipinski definition) is 4. The summed E-state index contributed by atoms with van der Waals surface area (Å²) in [4.78, 5) is 2.14. The summed E-state index contributed by atoms with van der Waals surface area (Å²) in [6, 6.07) is 19.6. The number of furan rings is 1. The molecule has 0 saturated carbocycles. The predicted octanol–water partition coefficient (Wildman–Crippen LogP) is 3.93. The number of rotatable bonds is 8. The highest BCUT2D eigenvalue weighted by Crippen LogP contribution is 2.32. The number of benzene rings is 2. The second-order valence-corrected chi connectivity index (χ2v) is 8.15. The summed E-state index contributed by atoms with van der Waals surface area (Å²) >= 11 is 1.62. The summed E-state index contributed by atoms with van der Waals surface area (Å²) in [6.07, 6.45) is -0.764. The molecule has 0 spiro atoms. The molecule has 0 aliphatic heterocycles. The Morgan fingerprint density at radius 3 is 1.97 bits per heavy atom. The maximum atomic E-state index is 10.3. The van der Waals surface area contributed by atoms with Gasteiger partial charge in [-0.05, 0) is 55.3 Å². The van der Waals surface area contributed by atoms with E-state index in [0.717, 1.165) is 26.9 Å². The van der Waals surface area contributed by atoms with E-state index in [0.29, 0.717) is 5.56 Å². The smallest absolute Gasteiger partial charge is 0.134 e. The molecule has 0 fully saturated rings. The van der Waals surface area contributed by atoms with E-state index in [4.69, 9.17) is 10.2 Å². The van der Waals surface area contributed by atoms with Crippen LogP contribution in [0.1, 0.15) is 23.8 Å². The molecule has 0 aliphatic carbocycles. The van der Waals surface area contributed by atoms with Gasteiger partial charge in [0.1, 0.15) is 11.5 Å². The third-order valence-corrected chi connectivity index (χ3v) is 5.63. The van der Waals surface area contributed by atoms with Crippen LogP contribution in [-0.4, -0.2) is 34.1 Å². The summed E-state index contributed by atoms with van der Waals surface area (Å²) in [7, 11) is 0. The molecule has 5 N–H and O–H groups in total. The Morgan fingerprint density at radius 1 is 0.931 bits per heavy atom. The minimum absolute atomic E-state index is 0. The maximum Gasteiger partial charge on any atom is 0.134 e. The van der Waals surface area contributed by atoms with Crippen molar-refractivity contribution in [3.63, 3.8) is 0 Å². The van der Waals surface area contributed by atoms with E-state index in [-0.39, 0.29) is 32.0 Å². The molecule has 0 saturated heterocycles. The van der Waals surface area contributed by atoms with Gasteiger partial charge in [-0.15, -0.1) is 12.4 Å². The summed E-state index contributed by atoms with van der Waals surface area (Å²) in [5, 5.41) is 28.9. The maximum absolute atomic E-state index is 10.3.